The summed E-state index contributed by atoms with van der Waals surface area (Å²) in [5, 5.41) is 5.22. The lowest BCUT2D eigenvalue weighted by molar-refractivity contribution is 1.21. The van der Waals surface area contributed by atoms with E-state index in [1.807, 2.05) is 12.1 Å². The first kappa shape index (κ1) is 22.8. The Kier molecular flexibility index (Phi) is 5.11. The van der Waals surface area contributed by atoms with Gasteiger partial charge >= 0.3 is 0 Å². The Balaban J connectivity index is 1.55. The van der Waals surface area contributed by atoms with Gasteiger partial charge in [0.15, 0.2) is 0 Å². The number of hydrogen-bond acceptors (Lipinski definition) is 1. The summed E-state index contributed by atoms with van der Waals surface area (Å²) in [6, 6.07) is 50.4. The number of hydrogen-bond donors (Lipinski definition) is 1. The van der Waals surface area contributed by atoms with Crippen LogP contribution < -0.4 is 5.73 Å². The molecular formula is C39H27N. The van der Waals surface area contributed by atoms with Crippen LogP contribution in [0.4, 0.5) is 5.69 Å². The Morgan fingerprint density at radius 3 is 1.73 bits per heavy atom. The van der Waals surface area contributed by atoms with Crippen LogP contribution in [0.15, 0.2) is 140 Å². The Morgan fingerprint density at radius 1 is 0.425 bits per heavy atom. The summed E-state index contributed by atoms with van der Waals surface area (Å²) in [4.78, 5) is 0. The maximum atomic E-state index is 6.21. The van der Waals surface area contributed by atoms with E-state index in [4.69, 9.17) is 5.73 Å². The van der Waals surface area contributed by atoms with Crippen LogP contribution in [0, 0.1) is 0 Å². The highest BCUT2D eigenvalue weighted by Gasteiger charge is 2.28. The monoisotopic (exact) mass is 509 g/mol. The molecule has 0 saturated heterocycles. The topological polar surface area (TPSA) is 26.0 Å². The molecule has 40 heavy (non-hydrogen) atoms. The molecule has 1 nitrogen and oxygen atoms in total. The van der Waals surface area contributed by atoms with Crippen LogP contribution >= 0.6 is 0 Å². The minimum Gasteiger partial charge on any atom is -0.399 e. The fraction of sp³-hybridized carbons (Fsp3) is 0.0256. The number of rotatable bonds is 3. The van der Waals surface area contributed by atoms with Crippen molar-refractivity contribution in [1.29, 1.82) is 0 Å². The van der Waals surface area contributed by atoms with E-state index in [1.54, 1.807) is 0 Å². The van der Waals surface area contributed by atoms with Crippen molar-refractivity contribution in [3.63, 3.8) is 0 Å². The molecule has 0 atom stereocenters. The first-order chi connectivity index (χ1) is 19.8. The highest BCUT2D eigenvalue weighted by molar-refractivity contribution is 6.18. The van der Waals surface area contributed by atoms with Gasteiger partial charge in [-0.1, -0.05) is 127 Å². The summed E-state index contributed by atoms with van der Waals surface area (Å²) in [7, 11) is 0. The third-order valence-corrected chi connectivity index (χ3v) is 8.41. The third-order valence-electron chi connectivity index (χ3n) is 8.41. The molecule has 0 saturated carbocycles. The second-order valence-corrected chi connectivity index (χ2v) is 10.7. The Bertz CT molecular complexity index is 2070. The van der Waals surface area contributed by atoms with Crippen molar-refractivity contribution < 1.29 is 0 Å². The predicted molar refractivity (Wildman–Crippen MR) is 170 cm³/mol. The predicted octanol–water partition coefficient (Wildman–Crippen LogP) is 10.1. The fourth-order valence-corrected chi connectivity index (χ4v) is 6.79. The number of benzene rings is 7. The summed E-state index contributed by atoms with van der Waals surface area (Å²) in [6.45, 7) is 0. The summed E-state index contributed by atoms with van der Waals surface area (Å²) >= 11 is 0. The maximum Gasteiger partial charge on any atom is 0.0320 e. The molecule has 1 aliphatic carbocycles. The largest absolute Gasteiger partial charge is 0.399 e. The van der Waals surface area contributed by atoms with E-state index in [-0.39, 0.29) is 0 Å². The molecule has 0 heterocycles. The molecular weight excluding hydrogens is 482 g/mol. The number of nitrogen functional groups attached to an aromatic ring is 1. The molecule has 7 aromatic rings. The lowest BCUT2D eigenvalue weighted by atomic mass is 9.74. The second-order valence-electron chi connectivity index (χ2n) is 10.7. The standard InChI is InChI=1S/C39H27N/c40-29-17-9-15-27(23-29)30-21-22-34-37-28(16-10-20-31(30)37)24-35-36(25-11-3-1-4-12-25)32-18-7-8-19-33(32)38(39(34)35)26-13-5-2-6-14-26/h1-23H,24,40H2. The summed E-state index contributed by atoms with van der Waals surface area (Å²) in [6.07, 6.45) is 0.884. The average molecular weight is 510 g/mol. The number of anilines is 1. The lowest BCUT2D eigenvalue weighted by Crippen LogP contribution is -2.07. The lowest BCUT2D eigenvalue weighted by Gasteiger charge is -2.29. The highest BCUT2D eigenvalue weighted by Crippen LogP contribution is 2.52. The van der Waals surface area contributed by atoms with Crippen molar-refractivity contribution in [2.45, 2.75) is 6.42 Å². The summed E-state index contributed by atoms with van der Waals surface area (Å²) in [5.74, 6) is 0. The zero-order valence-corrected chi connectivity index (χ0v) is 22.1. The van der Waals surface area contributed by atoms with Gasteiger partial charge in [0.25, 0.3) is 0 Å². The van der Waals surface area contributed by atoms with E-state index < -0.39 is 0 Å². The van der Waals surface area contributed by atoms with Gasteiger partial charge in [-0.2, -0.15) is 0 Å². The van der Waals surface area contributed by atoms with Crippen LogP contribution in [-0.2, 0) is 6.42 Å². The van der Waals surface area contributed by atoms with Crippen molar-refractivity contribution in [3.05, 3.63) is 151 Å². The molecule has 0 unspecified atom stereocenters. The molecule has 0 fully saturated rings. The van der Waals surface area contributed by atoms with E-state index in [9.17, 15) is 0 Å². The smallest absolute Gasteiger partial charge is 0.0320 e. The Morgan fingerprint density at radius 2 is 1.00 bits per heavy atom. The van der Waals surface area contributed by atoms with E-state index in [0.29, 0.717) is 0 Å². The van der Waals surface area contributed by atoms with Crippen molar-refractivity contribution in [2.24, 2.45) is 0 Å². The molecule has 0 bridgehead atoms. The normalized spacial score (nSPS) is 12.0. The zero-order chi connectivity index (χ0) is 26.6. The van der Waals surface area contributed by atoms with Crippen molar-refractivity contribution in [2.75, 3.05) is 5.73 Å². The van der Waals surface area contributed by atoms with Gasteiger partial charge in [0.1, 0.15) is 0 Å². The van der Waals surface area contributed by atoms with Gasteiger partial charge in [-0.05, 0) is 95.7 Å². The molecule has 188 valence electrons. The molecule has 2 N–H and O–H groups in total. The van der Waals surface area contributed by atoms with E-state index in [2.05, 4.69) is 127 Å². The summed E-state index contributed by atoms with van der Waals surface area (Å²) in [5.41, 5.74) is 20.0. The van der Waals surface area contributed by atoms with Crippen LogP contribution in [0.5, 0.6) is 0 Å². The minimum atomic E-state index is 0.786. The molecule has 0 radical (unpaired) electrons. The molecule has 1 aliphatic rings. The maximum absolute atomic E-state index is 6.21. The minimum absolute atomic E-state index is 0.786. The van der Waals surface area contributed by atoms with Crippen LogP contribution in [0.2, 0.25) is 0 Å². The van der Waals surface area contributed by atoms with Gasteiger partial charge in [-0.3, -0.25) is 0 Å². The molecule has 8 rings (SSSR count). The third kappa shape index (κ3) is 3.41. The van der Waals surface area contributed by atoms with E-state index in [0.717, 1.165) is 17.7 Å². The van der Waals surface area contributed by atoms with Crippen LogP contribution in [0.25, 0.3) is 66.1 Å². The van der Waals surface area contributed by atoms with Gasteiger partial charge in [-0.25, -0.2) is 0 Å². The zero-order valence-electron chi connectivity index (χ0n) is 22.1. The highest BCUT2D eigenvalue weighted by atomic mass is 14.5. The first-order valence-electron chi connectivity index (χ1n) is 13.9. The van der Waals surface area contributed by atoms with Crippen LogP contribution in [-0.4, -0.2) is 0 Å². The van der Waals surface area contributed by atoms with E-state index in [1.165, 1.54) is 71.6 Å². The Labute approximate surface area is 234 Å². The van der Waals surface area contributed by atoms with E-state index >= 15 is 0 Å². The number of fused-ring (bicyclic) bond motifs is 3. The average Bonchev–Trinajstić information content (AvgIpc) is 3.01. The quantitative estimate of drug-likeness (QED) is 0.236. The molecule has 0 spiro atoms. The van der Waals surface area contributed by atoms with Crippen molar-refractivity contribution in [1.82, 2.24) is 0 Å². The van der Waals surface area contributed by atoms with Gasteiger partial charge in [0.2, 0.25) is 0 Å². The number of nitrogens with two attached hydrogens (primary N) is 1. The van der Waals surface area contributed by atoms with Crippen molar-refractivity contribution >= 4 is 27.2 Å². The van der Waals surface area contributed by atoms with Crippen LogP contribution in [0.3, 0.4) is 0 Å². The van der Waals surface area contributed by atoms with Gasteiger partial charge in [0, 0.05) is 5.69 Å². The molecule has 7 aromatic carbocycles. The fourth-order valence-electron chi connectivity index (χ4n) is 6.79. The van der Waals surface area contributed by atoms with Gasteiger partial charge in [0.05, 0.1) is 0 Å². The summed E-state index contributed by atoms with van der Waals surface area (Å²) < 4.78 is 0. The first-order valence-corrected chi connectivity index (χ1v) is 13.9. The SMILES string of the molecule is Nc1cccc(-c2ccc3c4c(cccc24)Cc2c-3c(-c3ccccc3)c3ccccc3c2-c2ccccc2)c1. The van der Waals surface area contributed by atoms with Crippen molar-refractivity contribution in [3.8, 4) is 44.5 Å². The molecule has 1 heteroatoms. The molecule has 0 amide bonds. The Hall–Kier alpha value is -5.14. The second kappa shape index (κ2) is 8.97. The molecule has 0 aromatic heterocycles. The van der Waals surface area contributed by atoms with Crippen LogP contribution in [0.1, 0.15) is 11.1 Å². The van der Waals surface area contributed by atoms with Gasteiger partial charge in [-0.15, -0.1) is 0 Å². The van der Waals surface area contributed by atoms with Gasteiger partial charge < -0.3 is 5.73 Å². The molecule has 0 aliphatic heterocycles.